The lowest BCUT2D eigenvalue weighted by atomic mass is 9.89. The van der Waals surface area contributed by atoms with Crippen LogP contribution in [0.3, 0.4) is 0 Å². The fraction of sp³-hybridized carbons (Fsp3) is 0.588. The van der Waals surface area contributed by atoms with E-state index in [0.29, 0.717) is 31.0 Å². The predicted molar refractivity (Wildman–Crippen MR) is 95.2 cm³/mol. The Morgan fingerprint density at radius 2 is 1.91 bits per heavy atom. The minimum absolute atomic E-state index is 0. The van der Waals surface area contributed by atoms with Gasteiger partial charge in [-0.15, -0.1) is 12.4 Å². The Kier molecular flexibility index (Phi) is 6.30. The van der Waals surface area contributed by atoms with Gasteiger partial charge in [0, 0.05) is 36.6 Å². The maximum atomic E-state index is 12.5. The van der Waals surface area contributed by atoms with E-state index in [0.717, 1.165) is 4.47 Å². The molecule has 5 heteroatoms. The zero-order chi connectivity index (χ0) is 14.8. The minimum Gasteiger partial charge on any atom is -0.341 e. The van der Waals surface area contributed by atoms with Crippen molar-refractivity contribution >= 4 is 34.2 Å². The number of carbonyl (C=O) groups excluding carboxylic acids is 1. The number of carbonyl (C=O) groups is 1. The van der Waals surface area contributed by atoms with Crippen molar-refractivity contribution in [3.8, 4) is 0 Å². The number of rotatable bonds is 4. The molecule has 2 fully saturated rings. The van der Waals surface area contributed by atoms with Crippen molar-refractivity contribution in [2.75, 3.05) is 7.05 Å². The molecule has 2 bridgehead atoms. The Morgan fingerprint density at radius 1 is 1.27 bits per heavy atom. The third-order valence-corrected chi connectivity index (χ3v) is 5.60. The lowest BCUT2D eigenvalue weighted by molar-refractivity contribution is -0.131. The van der Waals surface area contributed by atoms with Crippen LogP contribution in [0, 0.1) is 5.92 Å². The summed E-state index contributed by atoms with van der Waals surface area (Å²) in [5, 5.41) is 3.64. The van der Waals surface area contributed by atoms with Crippen LogP contribution in [0.4, 0.5) is 0 Å². The number of halogens is 2. The number of hydrogen-bond donors (Lipinski definition) is 1. The average Bonchev–Trinajstić information content (AvgIpc) is 2.80. The molecule has 0 aliphatic carbocycles. The van der Waals surface area contributed by atoms with Crippen LogP contribution in [0.25, 0.3) is 0 Å². The van der Waals surface area contributed by atoms with E-state index in [1.54, 1.807) is 0 Å². The molecule has 122 valence electrons. The first-order valence-electron chi connectivity index (χ1n) is 7.85. The van der Waals surface area contributed by atoms with Crippen molar-refractivity contribution in [3.05, 3.63) is 34.3 Å². The highest BCUT2D eigenvalue weighted by Gasteiger charge is 2.34. The van der Waals surface area contributed by atoms with Gasteiger partial charge in [0.2, 0.25) is 5.91 Å². The molecule has 1 aromatic carbocycles. The standard InChI is InChI=1S/C17H23BrN2O.ClH/c1-20(11-13-4-2-3-5-16(13)18)17(21)10-12-8-14-6-7-15(9-12)19-14;/h2-5,12,14-15,19H,6-11H2,1H3;1H. The summed E-state index contributed by atoms with van der Waals surface area (Å²) in [6.45, 7) is 0.679. The van der Waals surface area contributed by atoms with Crippen LogP contribution >= 0.6 is 28.3 Å². The van der Waals surface area contributed by atoms with Crippen molar-refractivity contribution in [2.45, 2.75) is 50.7 Å². The van der Waals surface area contributed by atoms with E-state index >= 15 is 0 Å². The summed E-state index contributed by atoms with van der Waals surface area (Å²) in [7, 11) is 1.91. The van der Waals surface area contributed by atoms with E-state index in [1.807, 2.05) is 30.1 Å². The lowest BCUT2D eigenvalue weighted by Crippen LogP contribution is -2.39. The van der Waals surface area contributed by atoms with Crippen molar-refractivity contribution in [3.63, 3.8) is 0 Å². The fourth-order valence-corrected chi connectivity index (χ4v) is 4.13. The second-order valence-corrected chi connectivity index (χ2v) is 7.37. The Labute approximate surface area is 147 Å². The molecule has 2 heterocycles. The van der Waals surface area contributed by atoms with Gasteiger partial charge in [-0.1, -0.05) is 34.1 Å². The van der Waals surface area contributed by atoms with Gasteiger partial charge < -0.3 is 10.2 Å². The van der Waals surface area contributed by atoms with E-state index in [-0.39, 0.29) is 18.3 Å². The number of amides is 1. The first kappa shape index (κ1) is 17.8. The highest BCUT2D eigenvalue weighted by molar-refractivity contribution is 9.10. The van der Waals surface area contributed by atoms with Crippen molar-refractivity contribution in [2.24, 2.45) is 5.92 Å². The fourth-order valence-electron chi connectivity index (χ4n) is 3.71. The Hall–Kier alpha value is -0.580. The highest BCUT2D eigenvalue weighted by Crippen LogP contribution is 2.33. The van der Waals surface area contributed by atoms with Gasteiger partial charge in [-0.3, -0.25) is 4.79 Å². The van der Waals surface area contributed by atoms with Gasteiger partial charge >= 0.3 is 0 Å². The van der Waals surface area contributed by atoms with Crippen LogP contribution in [0.2, 0.25) is 0 Å². The molecular formula is C17H24BrClN2O. The number of benzene rings is 1. The van der Waals surface area contributed by atoms with Gasteiger partial charge in [0.15, 0.2) is 0 Å². The molecule has 2 unspecified atom stereocenters. The van der Waals surface area contributed by atoms with Crippen LogP contribution in [-0.2, 0) is 11.3 Å². The van der Waals surface area contributed by atoms with Crippen molar-refractivity contribution < 1.29 is 4.79 Å². The summed E-state index contributed by atoms with van der Waals surface area (Å²) >= 11 is 3.55. The SMILES string of the molecule is CN(Cc1ccccc1Br)C(=O)CC1CC2CCC(C1)N2.Cl. The van der Waals surface area contributed by atoms with Crippen molar-refractivity contribution in [1.82, 2.24) is 10.2 Å². The van der Waals surface area contributed by atoms with E-state index in [2.05, 4.69) is 27.3 Å². The van der Waals surface area contributed by atoms with E-state index < -0.39 is 0 Å². The summed E-state index contributed by atoms with van der Waals surface area (Å²) < 4.78 is 1.07. The predicted octanol–water partition coefficient (Wildman–Crippen LogP) is 3.75. The summed E-state index contributed by atoms with van der Waals surface area (Å²) in [4.78, 5) is 14.3. The molecule has 2 saturated heterocycles. The molecule has 1 aromatic rings. The monoisotopic (exact) mass is 386 g/mol. The maximum absolute atomic E-state index is 12.5. The van der Waals surface area contributed by atoms with Gasteiger partial charge in [-0.25, -0.2) is 0 Å². The third-order valence-electron chi connectivity index (χ3n) is 4.83. The molecule has 0 saturated carbocycles. The second kappa shape index (κ2) is 7.80. The summed E-state index contributed by atoms with van der Waals surface area (Å²) in [5.74, 6) is 0.843. The van der Waals surface area contributed by atoms with Gasteiger partial charge in [-0.2, -0.15) is 0 Å². The normalized spacial score (nSPS) is 26.4. The van der Waals surface area contributed by atoms with Gasteiger partial charge in [0.05, 0.1) is 0 Å². The van der Waals surface area contributed by atoms with Crippen LogP contribution < -0.4 is 5.32 Å². The Morgan fingerprint density at radius 3 is 2.55 bits per heavy atom. The molecule has 1 amide bonds. The molecule has 0 spiro atoms. The molecule has 2 aliphatic rings. The molecule has 1 N–H and O–H groups in total. The molecular weight excluding hydrogens is 364 g/mol. The Balaban J connectivity index is 0.00000176. The van der Waals surface area contributed by atoms with Crippen LogP contribution in [-0.4, -0.2) is 29.9 Å². The van der Waals surface area contributed by atoms with Crippen molar-refractivity contribution in [1.29, 1.82) is 0 Å². The molecule has 3 rings (SSSR count). The number of nitrogens with one attached hydrogen (secondary N) is 1. The topological polar surface area (TPSA) is 32.3 Å². The summed E-state index contributed by atoms with van der Waals surface area (Å²) in [5.41, 5.74) is 1.17. The van der Waals surface area contributed by atoms with Gasteiger partial charge in [-0.05, 0) is 43.2 Å². The van der Waals surface area contributed by atoms with Gasteiger partial charge in [0.1, 0.15) is 0 Å². The molecule has 2 aliphatic heterocycles. The maximum Gasteiger partial charge on any atom is 0.222 e. The largest absolute Gasteiger partial charge is 0.341 e. The molecule has 0 radical (unpaired) electrons. The Bertz CT molecular complexity index is 513. The average molecular weight is 388 g/mol. The molecule has 3 nitrogen and oxygen atoms in total. The molecule has 22 heavy (non-hydrogen) atoms. The minimum atomic E-state index is 0. The van der Waals surface area contributed by atoms with Crippen LogP contribution in [0.1, 0.15) is 37.7 Å². The van der Waals surface area contributed by atoms with Crippen LogP contribution in [0.15, 0.2) is 28.7 Å². The third kappa shape index (κ3) is 4.24. The zero-order valence-electron chi connectivity index (χ0n) is 12.9. The molecule has 2 atom stereocenters. The first-order chi connectivity index (χ1) is 10.1. The lowest BCUT2D eigenvalue weighted by Gasteiger charge is -2.30. The second-order valence-electron chi connectivity index (χ2n) is 6.52. The van der Waals surface area contributed by atoms with E-state index in [1.165, 1.54) is 31.2 Å². The van der Waals surface area contributed by atoms with Gasteiger partial charge in [0.25, 0.3) is 0 Å². The van der Waals surface area contributed by atoms with E-state index in [9.17, 15) is 4.79 Å². The van der Waals surface area contributed by atoms with Crippen LogP contribution in [0.5, 0.6) is 0 Å². The smallest absolute Gasteiger partial charge is 0.222 e. The summed E-state index contributed by atoms with van der Waals surface area (Å²) in [6, 6.07) is 9.44. The highest BCUT2D eigenvalue weighted by atomic mass is 79.9. The zero-order valence-corrected chi connectivity index (χ0v) is 15.3. The van der Waals surface area contributed by atoms with E-state index in [4.69, 9.17) is 0 Å². The number of hydrogen-bond acceptors (Lipinski definition) is 2. The quantitative estimate of drug-likeness (QED) is 0.853. The number of piperidine rings is 1. The first-order valence-corrected chi connectivity index (χ1v) is 8.64. The summed E-state index contributed by atoms with van der Waals surface area (Å²) in [6.07, 6.45) is 5.64. The number of fused-ring (bicyclic) bond motifs is 2. The number of nitrogens with zero attached hydrogens (tertiary/aromatic N) is 1. The molecule has 0 aromatic heterocycles.